The normalized spacial score (nSPS) is 13.2. The van der Waals surface area contributed by atoms with Crippen molar-refractivity contribution in [2.45, 2.75) is 102 Å². The number of aromatic nitrogens is 3. The highest BCUT2D eigenvalue weighted by Crippen LogP contribution is 2.43. The summed E-state index contributed by atoms with van der Waals surface area (Å²) in [7, 11) is -1.44. The average molecular weight is 799 g/mol. The molecule has 2 heterocycles. The molecule has 1 unspecified atom stereocenters. The van der Waals surface area contributed by atoms with Gasteiger partial charge < -0.3 is 28.5 Å². The zero-order valence-corrected chi connectivity index (χ0v) is 37.0. The third-order valence-corrected chi connectivity index (χ3v) is 22.3. The summed E-state index contributed by atoms with van der Waals surface area (Å²) < 4.78 is 69.3. The van der Waals surface area contributed by atoms with Gasteiger partial charge in [-0.1, -0.05) is 74.3 Å². The molecule has 0 aliphatic rings. The molecule has 0 radical (unpaired) electrons. The number of halogens is 2. The molecule has 0 fully saturated rings. The molecule has 0 saturated carbocycles. The molecule has 4 rings (SSSR count). The van der Waals surface area contributed by atoms with Gasteiger partial charge in [0.15, 0.2) is 20.9 Å². The van der Waals surface area contributed by atoms with E-state index in [9.17, 15) is 4.55 Å². The summed E-state index contributed by atoms with van der Waals surface area (Å²) in [6, 6.07) is 6.32. The molecule has 0 bridgehead atoms. The Labute approximate surface area is 324 Å². The van der Waals surface area contributed by atoms with Crippen LogP contribution in [0.1, 0.15) is 67.9 Å². The van der Waals surface area contributed by atoms with Crippen molar-refractivity contribution < 1.29 is 32.0 Å². The van der Waals surface area contributed by atoms with Crippen LogP contribution in [0.25, 0.3) is 32.9 Å². The van der Waals surface area contributed by atoms with Crippen molar-refractivity contribution in [3.63, 3.8) is 0 Å². The third kappa shape index (κ3) is 8.71. The number of ether oxygens (including phenoxy) is 3. The SMILES string of the molecule is COCOc1cc(-c2nc(OC)c3c(NCCO[Si](C)(C)C(C)(C)C)nc([S+](C)[O-])nc3c2F)c2c(C#C[Si](C(C)C)(C(C)C)C(C)C)c(F)ccc2c1. The molecular weight excluding hydrogens is 743 g/mol. The maximum Gasteiger partial charge on any atom is 0.345 e. The van der Waals surface area contributed by atoms with Crippen molar-refractivity contribution in [3.05, 3.63) is 41.5 Å². The molecule has 54 heavy (non-hydrogen) atoms. The smallest absolute Gasteiger partial charge is 0.345 e. The second-order valence-electron chi connectivity index (χ2n) is 16.0. The van der Waals surface area contributed by atoms with Crippen LogP contribution < -0.4 is 14.8 Å². The van der Waals surface area contributed by atoms with Gasteiger partial charge in [0.2, 0.25) is 5.88 Å². The number of anilines is 1. The Morgan fingerprint density at radius 3 is 2.15 bits per heavy atom. The molecule has 14 heteroatoms. The van der Waals surface area contributed by atoms with Gasteiger partial charge in [0, 0.05) is 35.8 Å². The largest absolute Gasteiger partial charge is 0.609 e. The molecule has 2 aromatic heterocycles. The molecule has 1 atom stereocenters. The lowest BCUT2D eigenvalue weighted by Crippen LogP contribution is -2.43. The minimum Gasteiger partial charge on any atom is -0.609 e. The molecule has 0 aliphatic heterocycles. The van der Waals surface area contributed by atoms with Gasteiger partial charge in [-0.25, -0.2) is 13.8 Å². The van der Waals surface area contributed by atoms with Crippen molar-refractivity contribution >= 4 is 55.1 Å². The minimum absolute atomic E-state index is 0.0142. The first-order valence-electron chi connectivity index (χ1n) is 18.3. The van der Waals surface area contributed by atoms with Crippen LogP contribution in [0, 0.1) is 23.1 Å². The second kappa shape index (κ2) is 17.2. The Hall–Kier alpha value is -3.33. The summed E-state index contributed by atoms with van der Waals surface area (Å²) in [6.45, 7) is 24.6. The Morgan fingerprint density at radius 2 is 1.59 bits per heavy atom. The fourth-order valence-corrected chi connectivity index (χ4v) is 13.6. The maximum atomic E-state index is 17.3. The quantitative estimate of drug-likeness (QED) is 0.0333. The Bertz CT molecular complexity index is 2020. The van der Waals surface area contributed by atoms with Crippen LogP contribution in [0.3, 0.4) is 0 Å². The van der Waals surface area contributed by atoms with Crippen LogP contribution in [0.5, 0.6) is 11.6 Å². The highest BCUT2D eigenvalue weighted by Gasteiger charge is 2.42. The summed E-state index contributed by atoms with van der Waals surface area (Å²) in [6.07, 6.45) is 1.43. The predicted molar refractivity (Wildman–Crippen MR) is 221 cm³/mol. The van der Waals surface area contributed by atoms with Crippen LogP contribution in [0.2, 0.25) is 34.8 Å². The number of hydrogen-bond donors (Lipinski definition) is 1. The number of benzene rings is 2. The highest BCUT2D eigenvalue weighted by atomic mass is 32.2. The predicted octanol–water partition coefficient (Wildman–Crippen LogP) is 9.86. The molecule has 0 saturated heterocycles. The van der Waals surface area contributed by atoms with Gasteiger partial charge in [-0.2, -0.15) is 9.97 Å². The van der Waals surface area contributed by atoms with Gasteiger partial charge in [-0.3, -0.25) is 0 Å². The third-order valence-electron chi connectivity index (χ3n) is 10.8. The standard InChI is InChI=1S/C40H56F2N4O5SSi2/c1-24(2)54(25(3)4,26(5)6)20-17-29-31(41)16-15-27-21-28(50-23-48-10)22-30(32(27)29)35-34(42)36-33(38(44-35)49-11)37(46-39(45-36)52(12)47)43-18-19-51-53(13,14)40(7,8)9/h15-16,21-22,24-26H,18-19,23H2,1-14H3,(H,43,45,46). The topological polar surface area (TPSA) is 111 Å². The van der Waals surface area contributed by atoms with Crippen molar-refractivity contribution in [3.8, 4) is 34.4 Å². The van der Waals surface area contributed by atoms with Gasteiger partial charge in [-0.15, -0.1) is 5.54 Å². The molecule has 294 valence electrons. The molecule has 9 nitrogen and oxygen atoms in total. The van der Waals surface area contributed by atoms with E-state index in [0.717, 1.165) is 0 Å². The lowest BCUT2D eigenvalue weighted by Gasteiger charge is -2.38. The first-order chi connectivity index (χ1) is 25.2. The lowest BCUT2D eigenvalue weighted by atomic mass is 9.95. The number of rotatable bonds is 14. The van der Waals surface area contributed by atoms with Gasteiger partial charge in [0.05, 0.1) is 19.3 Å². The minimum atomic E-state index is -2.30. The first kappa shape index (κ1) is 43.4. The Balaban J connectivity index is 2.04. The molecule has 0 spiro atoms. The fourth-order valence-electron chi connectivity index (χ4n) is 6.93. The zero-order valence-electron chi connectivity index (χ0n) is 34.2. The van der Waals surface area contributed by atoms with Crippen LogP contribution in [-0.2, 0) is 20.3 Å². The van der Waals surface area contributed by atoms with Crippen LogP contribution in [-0.4, -0.2) is 76.3 Å². The van der Waals surface area contributed by atoms with Crippen LogP contribution >= 0.6 is 0 Å². The van der Waals surface area contributed by atoms with Crippen molar-refractivity contribution in [2.24, 2.45) is 0 Å². The van der Waals surface area contributed by atoms with Gasteiger partial charge in [0.1, 0.15) is 48.3 Å². The van der Waals surface area contributed by atoms with Gasteiger partial charge in [-0.05, 0) is 58.3 Å². The molecule has 0 amide bonds. The van der Waals surface area contributed by atoms with E-state index in [-0.39, 0.29) is 56.4 Å². The summed E-state index contributed by atoms with van der Waals surface area (Å²) in [4.78, 5) is 13.6. The first-order valence-corrected chi connectivity index (χ1v) is 25.0. The number of pyridine rings is 1. The monoisotopic (exact) mass is 798 g/mol. The molecule has 2 aromatic carbocycles. The lowest BCUT2D eigenvalue weighted by molar-refractivity contribution is 0.0512. The number of methoxy groups -OCH3 is 2. The summed E-state index contributed by atoms with van der Waals surface area (Å²) in [5.74, 6) is 2.50. The van der Waals surface area contributed by atoms with Gasteiger partial charge >= 0.3 is 5.16 Å². The van der Waals surface area contributed by atoms with E-state index in [1.54, 1.807) is 18.2 Å². The van der Waals surface area contributed by atoms with E-state index >= 15 is 8.78 Å². The molecular formula is C40H56F2N4O5SSi2. The van der Waals surface area contributed by atoms with Crippen molar-refractivity contribution in [2.75, 3.05) is 45.7 Å². The van der Waals surface area contributed by atoms with E-state index in [1.807, 2.05) is 0 Å². The van der Waals surface area contributed by atoms with E-state index in [4.69, 9.17) is 23.6 Å². The number of fused-ring (bicyclic) bond motifs is 2. The molecule has 1 N–H and O–H groups in total. The van der Waals surface area contributed by atoms with E-state index in [2.05, 4.69) is 102 Å². The van der Waals surface area contributed by atoms with Crippen LogP contribution in [0.4, 0.5) is 14.6 Å². The maximum absolute atomic E-state index is 17.3. The number of hydrogen-bond acceptors (Lipinski definition) is 9. The Kier molecular flexibility index (Phi) is 13.8. The molecule has 4 aromatic rings. The number of nitrogens with one attached hydrogen (secondary N) is 1. The fraction of sp³-hybridized carbons (Fsp3) is 0.525. The summed E-state index contributed by atoms with van der Waals surface area (Å²) in [5.41, 5.74) is 4.59. The van der Waals surface area contributed by atoms with E-state index in [1.165, 1.54) is 26.5 Å². The van der Waals surface area contributed by atoms with E-state index in [0.29, 0.717) is 46.3 Å². The summed E-state index contributed by atoms with van der Waals surface area (Å²) in [5, 5.41) is 4.27. The van der Waals surface area contributed by atoms with Crippen molar-refractivity contribution in [1.82, 2.24) is 15.0 Å². The molecule has 0 aliphatic carbocycles. The second-order valence-corrected chi connectivity index (χ2v) is 27.7. The zero-order chi connectivity index (χ0) is 40.3. The van der Waals surface area contributed by atoms with Crippen molar-refractivity contribution in [1.29, 1.82) is 0 Å². The number of nitrogens with zero attached hydrogens (tertiary/aromatic N) is 3. The highest BCUT2D eigenvalue weighted by molar-refractivity contribution is 7.90. The summed E-state index contributed by atoms with van der Waals surface area (Å²) >= 11 is -1.67. The van der Waals surface area contributed by atoms with Crippen LogP contribution in [0.15, 0.2) is 29.4 Å². The average Bonchev–Trinajstić information content (AvgIpc) is 3.09. The Morgan fingerprint density at radius 1 is 0.944 bits per heavy atom. The van der Waals surface area contributed by atoms with Gasteiger partial charge in [0.25, 0.3) is 0 Å². The van der Waals surface area contributed by atoms with E-state index < -0.39 is 39.2 Å².